The van der Waals surface area contributed by atoms with E-state index in [1.807, 2.05) is 36.5 Å². The van der Waals surface area contributed by atoms with Crippen LogP contribution in [0.15, 0.2) is 47.2 Å². The molecule has 0 bridgehead atoms. The van der Waals surface area contributed by atoms with Crippen LogP contribution < -0.4 is 5.32 Å². The van der Waals surface area contributed by atoms with Crippen LogP contribution in [0.1, 0.15) is 11.1 Å². The van der Waals surface area contributed by atoms with E-state index < -0.39 is 0 Å². The quantitative estimate of drug-likeness (QED) is 0.929. The molecule has 1 aromatic carbocycles. The van der Waals surface area contributed by atoms with Gasteiger partial charge in [-0.1, -0.05) is 39.7 Å². The highest BCUT2D eigenvalue weighted by molar-refractivity contribution is 9.10. The van der Waals surface area contributed by atoms with Gasteiger partial charge in [-0.3, -0.25) is 4.98 Å². The van der Waals surface area contributed by atoms with Gasteiger partial charge in [0.15, 0.2) is 0 Å². The van der Waals surface area contributed by atoms with Gasteiger partial charge in [-0.25, -0.2) is 0 Å². The van der Waals surface area contributed by atoms with Crippen molar-refractivity contribution in [1.82, 2.24) is 10.3 Å². The summed E-state index contributed by atoms with van der Waals surface area (Å²) in [5.74, 6) is 0. The Morgan fingerprint density at radius 2 is 2.12 bits per heavy atom. The molecule has 0 aliphatic rings. The zero-order chi connectivity index (χ0) is 12.1. The molecule has 0 saturated carbocycles. The van der Waals surface area contributed by atoms with Gasteiger partial charge in [0.05, 0.1) is 0 Å². The summed E-state index contributed by atoms with van der Waals surface area (Å²) in [7, 11) is 0. The molecule has 0 fully saturated rings. The summed E-state index contributed by atoms with van der Waals surface area (Å²) < 4.78 is 0.999. The van der Waals surface area contributed by atoms with Gasteiger partial charge in [0.25, 0.3) is 0 Å². The second-order valence-corrected chi connectivity index (χ2v) is 5.02. The number of benzene rings is 1. The first-order chi connectivity index (χ1) is 8.25. The summed E-state index contributed by atoms with van der Waals surface area (Å²) in [6.45, 7) is 1.54. The van der Waals surface area contributed by atoms with Gasteiger partial charge in [0.1, 0.15) is 0 Å². The maximum absolute atomic E-state index is 6.13. The lowest BCUT2D eigenvalue weighted by atomic mass is 10.2. The molecule has 0 amide bonds. The molecule has 1 heterocycles. The molecule has 0 aliphatic heterocycles. The molecule has 0 aliphatic carbocycles. The van der Waals surface area contributed by atoms with Gasteiger partial charge in [0, 0.05) is 35.0 Å². The van der Waals surface area contributed by atoms with Crippen molar-refractivity contribution >= 4 is 27.5 Å². The molecule has 2 aromatic rings. The third kappa shape index (κ3) is 3.80. The third-order valence-corrected chi connectivity index (χ3v) is 3.23. The number of nitrogens with zero attached hydrogens (tertiary/aromatic N) is 1. The van der Waals surface area contributed by atoms with Crippen LogP contribution in [0.5, 0.6) is 0 Å². The molecule has 2 rings (SSSR count). The van der Waals surface area contributed by atoms with Crippen molar-refractivity contribution in [2.75, 3.05) is 0 Å². The Morgan fingerprint density at radius 3 is 2.82 bits per heavy atom. The summed E-state index contributed by atoms with van der Waals surface area (Å²) in [6, 6.07) is 9.89. The first-order valence-corrected chi connectivity index (χ1v) is 6.46. The lowest BCUT2D eigenvalue weighted by Gasteiger charge is -2.07. The van der Waals surface area contributed by atoms with Crippen LogP contribution in [0.3, 0.4) is 0 Å². The van der Waals surface area contributed by atoms with E-state index in [4.69, 9.17) is 11.6 Å². The summed E-state index contributed by atoms with van der Waals surface area (Å²) in [4.78, 5) is 4.07. The summed E-state index contributed by atoms with van der Waals surface area (Å²) in [5, 5.41) is 4.11. The maximum atomic E-state index is 6.13. The Hall–Kier alpha value is -0.900. The summed E-state index contributed by atoms with van der Waals surface area (Å²) >= 11 is 9.52. The fourth-order valence-electron chi connectivity index (χ4n) is 1.51. The van der Waals surface area contributed by atoms with Gasteiger partial charge in [-0.15, -0.1) is 0 Å². The molecule has 1 N–H and O–H groups in total. The largest absolute Gasteiger partial charge is 0.309 e. The Labute approximate surface area is 114 Å². The fraction of sp³-hybridized carbons (Fsp3) is 0.154. The van der Waals surface area contributed by atoms with Crippen LogP contribution in [0.4, 0.5) is 0 Å². The molecule has 0 saturated heterocycles. The topological polar surface area (TPSA) is 24.9 Å². The average Bonchev–Trinajstić information content (AvgIpc) is 2.33. The molecule has 4 heteroatoms. The predicted octanol–water partition coefficient (Wildman–Crippen LogP) is 3.79. The zero-order valence-corrected chi connectivity index (χ0v) is 11.5. The molecular formula is C13H12BrClN2. The number of rotatable bonds is 4. The van der Waals surface area contributed by atoms with E-state index in [1.54, 1.807) is 6.20 Å². The van der Waals surface area contributed by atoms with Gasteiger partial charge in [-0.2, -0.15) is 0 Å². The number of hydrogen-bond acceptors (Lipinski definition) is 2. The van der Waals surface area contributed by atoms with Crippen molar-refractivity contribution < 1.29 is 0 Å². The summed E-state index contributed by atoms with van der Waals surface area (Å²) in [6.07, 6.45) is 3.63. The number of aromatic nitrogens is 1. The van der Waals surface area contributed by atoms with E-state index >= 15 is 0 Å². The van der Waals surface area contributed by atoms with Crippen LogP contribution in [0.2, 0.25) is 5.02 Å². The standard InChI is InChI=1S/C13H12BrClN2/c14-12-4-3-11(13(15)6-12)9-17-8-10-2-1-5-16-7-10/h1-7,17H,8-9H2. The van der Waals surface area contributed by atoms with Crippen LogP contribution >= 0.6 is 27.5 Å². The highest BCUT2D eigenvalue weighted by atomic mass is 79.9. The minimum absolute atomic E-state index is 0.751. The smallest absolute Gasteiger partial charge is 0.0462 e. The van der Waals surface area contributed by atoms with E-state index in [1.165, 1.54) is 5.56 Å². The van der Waals surface area contributed by atoms with Crippen LogP contribution in [0.25, 0.3) is 0 Å². The molecular weight excluding hydrogens is 300 g/mol. The molecule has 0 unspecified atom stereocenters. The minimum atomic E-state index is 0.751. The second-order valence-electron chi connectivity index (χ2n) is 3.70. The molecule has 88 valence electrons. The lowest BCUT2D eigenvalue weighted by molar-refractivity contribution is 0.691. The highest BCUT2D eigenvalue weighted by Crippen LogP contribution is 2.21. The minimum Gasteiger partial charge on any atom is -0.309 e. The average molecular weight is 312 g/mol. The fourth-order valence-corrected chi connectivity index (χ4v) is 2.25. The Bertz CT molecular complexity index is 488. The lowest BCUT2D eigenvalue weighted by Crippen LogP contribution is -2.13. The van der Waals surface area contributed by atoms with Crippen LogP contribution in [0, 0.1) is 0 Å². The predicted molar refractivity (Wildman–Crippen MR) is 73.9 cm³/mol. The zero-order valence-electron chi connectivity index (χ0n) is 9.16. The van der Waals surface area contributed by atoms with E-state index in [0.29, 0.717) is 0 Å². The van der Waals surface area contributed by atoms with E-state index in [0.717, 1.165) is 28.1 Å². The normalized spacial score (nSPS) is 10.5. The Morgan fingerprint density at radius 1 is 1.24 bits per heavy atom. The van der Waals surface area contributed by atoms with Crippen LogP contribution in [-0.2, 0) is 13.1 Å². The molecule has 1 aromatic heterocycles. The van der Waals surface area contributed by atoms with Crippen molar-refractivity contribution in [2.24, 2.45) is 0 Å². The van der Waals surface area contributed by atoms with Gasteiger partial charge in [-0.05, 0) is 29.3 Å². The number of hydrogen-bond donors (Lipinski definition) is 1. The second kappa shape index (κ2) is 6.15. The van der Waals surface area contributed by atoms with Crippen molar-refractivity contribution in [3.63, 3.8) is 0 Å². The van der Waals surface area contributed by atoms with E-state index in [9.17, 15) is 0 Å². The van der Waals surface area contributed by atoms with Crippen molar-refractivity contribution in [2.45, 2.75) is 13.1 Å². The van der Waals surface area contributed by atoms with Gasteiger partial charge in [0.2, 0.25) is 0 Å². The van der Waals surface area contributed by atoms with Crippen molar-refractivity contribution in [3.8, 4) is 0 Å². The van der Waals surface area contributed by atoms with Gasteiger partial charge >= 0.3 is 0 Å². The molecule has 17 heavy (non-hydrogen) atoms. The van der Waals surface area contributed by atoms with Gasteiger partial charge < -0.3 is 5.32 Å². The molecule has 0 atom stereocenters. The molecule has 0 spiro atoms. The highest BCUT2D eigenvalue weighted by Gasteiger charge is 2.00. The Balaban J connectivity index is 1.90. The SMILES string of the molecule is Clc1cc(Br)ccc1CNCc1cccnc1. The van der Waals surface area contributed by atoms with Crippen molar-refractivity contribution in [3.05, 3.63) is 63.3 Å². The van der Waals surface area contributed by atoms with E-state index in [-0.39, 0.29) is 0 Å². The number of pyridine rings is 1. The number of nitrogens with one attached hydrogen (secondary N) is 1. The van der Waals surface area contributed by atoms with E-state index in [2.05, 4.69) is 26.2 Å². The summed E-state index contributed by atoms with van der Waals surface area (Å²) in [5.41, 5.74) is 2.26. The third-order valence-electron chi connectivity index (χ3n) is 2.38. The first kappa shape index (κ1) is 12.6. The number of halogens is 2. The van der Waals surface area contributed by atoms with Crippen LogP contribution in [-0.4, -0.2) is 4.98 Å². The molecule has 2 nitrogen and oxygen atoms in total. The van der Waals surface area contributed by atoms with Crippen molar-refractivity contribution in [1.29, 1.82) is 0 Å². The first-order valence-electron chi connectivity index (χ1n) is 5.29. The molecule has 0 radical (unpaired) electrons. The maximum Gasteiger partial charge on any atom is 0.0462 e. The monoisotopic (exact) mass is 310 g/mol. The Kier molecular flexibility index (Phi) is 4.54.